The molecule has 0 aromatic carbocycles. The summed E-state index contributed by atoms with van der Waals surface area (Å²) >= 11 is 0. The first kappa shape index (κ1) is 11.6. The summed E-state index contributed by atoms with van der Waals surface area (Å²) in [5, 5.41) is 3.27. The third kappa shape index (κ3) is 2.52. The summed E-state index contributed by atoms with van der Waals surface area (Å²) in [7, 11) is 1.99. The summed E-state index contributed by atoms with van der Waals surface area (Å²) in [6, 6.07) is 3.83. The van der Waals surface area contributed by atoms with E-state index in [2.05, 4.69) is 25.3 Å². The highest BCUT2D eigenvalue weighted by molar-refractivity contribution is 5.71. The molecule has 0 fully saturated rings. The van der Waals surface area contributed by atoms with Gasteiger partial charge in [-0.2, -0.15) is 0 Å². The maximum absolute atomic E-state index is 4.40. The lowest BCUT2D eigenvalue weighted by atomic mass is 10.3. The Labute approximate surface area is 110 Å². The lowest BCUT2D eigenvalue weighted by molar-refractivity contribution is 0.788. The van der Waals surface area contributed by atoms with E-state index in [9.17, 15) is 0 Å². The number of nitrogens with one attached hydrogen (secondary N) is 1. The van der Waals surface area contributed by atoms with Crippen molar-refractivity contribution in [3.8, 4) is 0 Å². The molecule has 3 aromatic heterocycles. The molecule has 0 saturated heterocycles. The Balaban J connectivity index is 1.67. The zero-order valence-corrected chi connectivity index (χ0v) is 10.6. The predicted octanol–water partition coefficient (Wildman–Crippen LogP) is 1.41. The van der Waals surface area contributed by atoms with E-state index in [1.807, 2.05) is 29.9 Å². The zero-order chi connectivity index (χ0) is 13.1. The van der Waals surface area contributed by atoms with Crippen molar-refractivity contribution >= 4 is 17.0 Å². The number of hydrogen-bond donors (Lipinski definition) is 1. The zero-order valence-electron chi connectivity index (χ0n) is 10.6. The second-order valence-electron chi connectivity index (χ2n) is 4.23. The van der Waals surface area contributed by atoms with E-state index in [0.29, 0.717) is 5.65 Å². The van der Waals surface area contributed by atoms with Gasteiger partial charge in [-0.05, 0) is 12.1 Å². The summed E-state index contributed by atoms with van der Waals surface area (Å²) in [4.78, 5) is 17.1. The molecular weight excluding hydrogens is 240 g/mol. The predicted molar refractivity (Wildman–Crippen MR) is 72.7 cm³/mol. The average Bonchev–Trinajstić information content (AvgIpc) is 2.84. The second kappa shape index (κ2) is 5.01. The Morgan fingerprint density at radius 1 is 1.11 bits per heavy atom. The molecule has 3 rings (SSSR count). The number of imidazole rings is 1. The third-order valence-electron chi connectivity index (χ3n) is 2.91. The lowest BCUT2D eigenvalue weighted by Gasteiger charge is -2.06. The molecule has 0 aliphatic heterocycles. The van der Waals surface area contributed by atoms with Gasteiger partial charge in [-0.3, -0.25) is 4.98 Å². The van der Waals surface area contributed by atoms with E-state index in [4.69, 9.17) is 0 Å². The van der Waals surface area contributed by atoms with Gasteiger partial charge in [0.05, 0.1) is 0 Å². The molecule has 6 nitrogen and oxygen atoms in total. The van der Waals surface area contributed by atoms with Crippen LogP contribution < -0.4 is 5.32 Å². The quantitative estimate of drug-likeness (QED) is 0.762. The molecule has 0 radical (unpaired) electrons. The van der Waals surface area contributed by atoms with Crippen LogP contribution in [0.1, 0.15) is 5.82 Å². The van der Waals surface area contributed by atoms with Crippen molar-refractivity contribution < 1.29 is 0 Å². The Morgan fingerprint density at radius 2 is 2.00 bits per heavy atom. The van der Waals surface area contributed by atoms with Crippen LogP contribution in [-0.4, -0.2) is 31.0 Å². The molecule has 0 aliphatic rings. The monoisotopic (exact) mass is 254 g/mol. The van der Waals surface area contributed by atoms with Gasteiger partial charge in [-0.15, -0.1) is 0 Å². The minimum Gasteiger partial charge on any atom is -0.370 e. The Hall–Kier alpha value is -2.50. The van der Waals surface area contributed by atoms with Crippen LogP contribution in [0.15, 0.2) is 36.9 Å². The van der Waals surface area contributed by atoms with Crippen LogP contribution in [0, 0.1) is 0 Å². The van der Waals surface area contributed by atoms with Crippen LogP contribution in [0.25, 0.3) is 11.2 Å². The van der Waals surface area contributed by atoms with Crippen LogP contribution in [-0.2, 0) is 13.5 Å². The number of rotatable bonds is 4. The molecule has 96 valence electrons. The van der Waals surface area contributed by atoms with E-state index in [1.54, 1.807) is 18.6 Å². The number of aryl methyl sites for hydroxylation is 1. The first-order valence-corrected chi connectivity index (χ1v) is 6.11. The molecule has 19 heavy (non-hydrogen) atoms. The molecule has 0 aliphatic carbocycles. The topological polar surface area (TPSA) is 68.5 Å². The number of fused-ring (bicyclic) bond motifs is 1. The van der Waals surface area contributed by atoms with E-state index in [1.165, 1.54) is 0 Å². The van der Waals surface area contributed by atoms with Gasteiger partial charge in [0.1, 0.15) is 17.2 Å². The second-order valence-corrected chi connectivity index (χ2v) is 4.23. The molecule has 0 bridgehead atoms. The summed E-state index contributed by atoms with van der Waals surface area (Å²) in [6.45, 7) is 0.781. The molecule has 0 unspecified atom stereocenters. The maximum atomic E-state index is 4.40. The van der Waals surface area contributed by atoms with Crippen LogP contribution in [0.5, 0.6) is 0 Å². The lowest BCUT2D eigenvalue weighted by Crippen LogP contribution is -2.09. The Bertz CT molecular complexity index is 690. The fourth-order valence-electron chi connectivity index (χ4n) is 1.89. The normalized spacial score (nSPS) is 10.8. The van der Waals surface area contributed by atoms with Gasteiger partial charge < -0.3 is 9.88 Å². The van der Waals surface area contributed by atoms with E-state index < -0.39 is 0 Å². The smallest absolute Gasteiger partial charge is 0.180 e. The fraction of sp³-hybridized carbons (Fsp3) is 0.231. The van der Waals surface area contributed by atoms with E-state index in [0.717, 1.165) is 30.1 Å². The Morgan fingerprint density at radius 3 is 2.84 bits per heavy atom. The molecule has 1 N–H and O–H groups in total. The molecule has 0 saturated carbocycles. The highest BCUT2D eigenvalue weighted by atomic mass is 15.1. The first-order valence-electron chi connectivity index (χ1n) is 6.11. The molecule has 3 heterocycles. The minimum atomic E-state index is 0.657. The largest absolute Gasteiger partial charge is 0.370 e. The van der Waals surface area contributed by atoms with Crippen molar-refractivity contribution in [2.75, 3.05) is 11.9 Å². The SMILES string of the molecule is Cn1ccnc1CCNc1ccc2nccnc2n1. The van der Waals surface area contributed by atoms with Crippen molar-refractivity contribution in [2.45, 2.75) is 6.42 Å². The molecule has 6 heteroatoms. The number of aromatic nitrogens is 5. The number of anilines is 1. The molecule has 3 aromatic rings. The summed E-state index contributed by atoms with van der Waals surface area (Å²) in [6.07, 6.45) is 7.91. The maximum Gasteiger partial charge on any atom is 0.180 e. The highest BCUT2D eigenvalue weighted by Gasteiger charge is 2.01. The van der Waals surface area contributed by atoms with E-state index in [-0.39, 0.29) is 0 Å². The van der Waals surface area contributed by atoms with Gasteiger partial charge in [-0.1, -0.05) is 0 Å². The van der Waals surface area contributed by atoms with Crippen LogP contribution in [0.3, 0.4) is 0 Å². The van der Waals surface area contributed by atoms with Gasteiger partial charge in [-0.25, -0.2) is 15.0 Å². The van der Waals surface area contributed by atoms with Crippen molar-refractivity contribution in [3.05, 3.63) is 42.7 Å². The van der Waals surface area contributed by atoms with Gasteiger partial charge >= 0.3 is 0 Å². The first-order chi connectivity index (χ1) is 9.33. The summed E-state index contributed by atoms with van der Waals surface area (Å²) in [5.41, 5.74) is 1.46. The summed E-state index contributed by atoms with van der Waals surface area (Å²) < 4.78 is 2.01. The van der Waals surface area contributed by atoms with Crippen LogP contribution >= 0.6 is 0 Å². The molecule has 0 atom stereocenters. The van der Waals surface area contributed by atoms with Gasteiger partial charge in [0.15, 0.2) is 5.65 Å². The van der Waals surface area contributed by atoms with E-state index >= 15 is 0 Å². The molecular formula is C13H14N6. The fourth-order valence-corrected chi connectivity index (χ4v) is 1.89. The van der Waals surface area contributed by atoms with Gasteiger partial charge in [0.25, 0.3) is 0 Å². The van der Waals surface area contributed by atoms with Crippen LogP contribution in [0.2, 0.25) is 0 Å². The molecule has 0 spiro atoms. The van der Waals surface area contributed by atoms with Crippen molar-refractivity contribution in [3.63, 3.8) is 0 Å². The summed E-state index contributed by atoms with van der Waals surface area (Å²) in [5.74, 6) is 1.86. The minimum absolute atomic E-state index is 0.657. The number of hydrogen-bond acceptors (Lipinski definition) is 5. The number of pyridine rings is 1. The standard InChI is InChI=1S/C13H14N6/c1-19-9-8-16-12(19)4-5-15-11-3-2-10-13(18-11)17-7-6-14-10/h2-3,6-9H,4-5H2,1H3,(H,15,17,18). The van der Waals surface area contributed by atoms with Crippen molar-refractivity contribution in [1.82, 2.24) is 24.5 Å². The van der Waals surface area contributed by atoms with Crippen LogP contribution in [0.4, 0.5) is 5.82 Å². The average molecular weight is 254 g/mol. The van der Waals surface area contributed by atoms with Gasteiger partial charge in [0, 0.05) is 44.8 Å². The van der Waals surface area contributed by atoms with Crippen molar-refractivity contribution in [2.24, 2.45) is 7.05 Å². The molecule has 0 amide bonds. The third-order valence-corrected chi connectivity index (χ3v) is 2.91. The highest BCUT2D eigenvalue weighted by Crippen LogP contribution is 2.10. The number of nitrogens with zero attached hydrogens (tertiary/aromatic N) is 5. The van der Waals surface area contributed by atoms with Gasteiger partial charge in [0.2, 0.25) is 0 Å². The Kier molecular flexibility index (Phi) is 3.06. The van der Waals surface area contributed by atoms with Crippen molar-refractivity contribution in [1.29, 1.82) is 0 Å².